The van der Waals surface area contributed by atoms with Gasteiger partial charge in [-0.15, -0.1) is 0 Å². The molecule has 0 aliphatic carbocycles. The van der Waals surface area contributed by atoms with Gasteiger partial charge in [-0.1, -0.05) is 30.1 Å². The number of benzene rings is 1. The van der Waals surface area contributed by atoms with Crippen molar-refractivity contribution < 1.29 is 4.52 Å². The highest BCUT2D eigenvalue weighted by Gasteiger charge is 2.10. The van der Waals surface area contributed by atoms with Crippen molar-refractivity contribution in [1.29, 1.82) is 0 Å². The lowest BCUT2D eigenvalue weighted by Gasteiger charge is -2.21. The first-order chi connectivity index (χ1) is 11.6. The molecule has 1 heterocycles. The Labute approximate surface area is 147 Å². The molecule has 2 rings (SSSR count). The second-order valence-electron chi connectivity index (χ2n) is 5.52. The average molecular weight is 350 g/mol. The van der Waals surface area contributed by atoms with Crippen LogP contribution in [-0.2, 0) is 6.42 Å². The highest BCUT2D eigenvalue weighted by atomic mass is 35.5. The summed E-state index contributed by atoms with van der Waals surface area (Å²) in [5.41, 5.74) is 0.887. The monoisotopic (exact) mass is 349 g/mol. The Morgan fingerprint density at radius 3 is 2.75 bits per heavy atom. The van der Waals surface area contributed by atoms with Crippen LogP contribution < -0.4 is 5.32 Å². The van der Waals surface area contributed by atoms with Crippen molar-refractivity contribution in [2.75, 3.05) is 27.2 Å². The van der Waals surface area contributed by atoms with Crippen LogP contribution in [0.25, 0.3) is 11.4 Å². The summed E-state index contributed by atoms with van der Waals surface area (Å²) in [6.07, 6.45) is 2.95. The molecule has 2 aromatic rings. The maximum absolute atomic E-state index is 5.89. The van der Waals surface area contributed by atoms with E-state index in [1.165, 1.54) is 0 Å². The number of nitrogens with zero attached hydrogens (tertiary/aromatic N) is 4. The molecule has 0 aliphatic heterocycles. The van der Waals surface area contributed by atoms with E-state index in [1.807, 2.05) is 31.3 Å². The molecule has 0 amide bonds. The first-order valence-corrected chi connectivity index (χ1v) is 8.52. The molecule has 7 heteroatoms. The minimum absolute atomic E-state index is 0.575. The van der Waals surface area contributed by atoms with E-state index in [0.29, 0.717) is 29.7 Å². The standard InChI is InChI=1S/C17H24ClN5O/c1-4-5-12-23(3)17(19-2)20-11-10-15-21-16(22-24-15)13-6-8-14(18)9-7-13/h6-9H,4-5,10-12H2,1-3H3,(H,19,20). The van der Waals surface area contributed by atoms with E-state index in [2.05, 4.69) is 32.3 Å². The van der Waals surface area contributed by atoms with Crippen LogP contribution in [0.4, 0.5) is 0 Å². The normalized spacial score (nSPS) is 11.6. The molecule has 1 N–H and O–H groups in total. The van der Waals surface area contributed by atoms with Crippen LogP contribution in [0.5, 0.6) is 0 Å². The van der Waals surface area contributed by atoms with Crippen LogP contribution in [0, 0.1) is 0 Å². The molecular weight excluding hydrogens is 326 g/mol. The van der Waals surface area contributed by atoms with Crippen molar-refractivity contribution in [2.24, 2.45) is 4.99 Å². The smallest absolute Gasteiger partial charge is 0.228 e. The number of halogens is 1. The predicted molar refractivity (Wildman–Crippen MR) is 97.3 cm³/mol. The topological polar surface area (TPSA) is 66.5 Å². The SMILES string of the molecule is CCCCN(C)C(=NC)NCCc1nc(-c2ccc(Cl)cc2)no1. The molecule has 0 bridgehead atoms. The summed E-state index contributed by atoms with van der Waals surface area (Å²) < 4.78 is 5.30. The van der Waals surface area contributed by atoms with Crippen LogP contribution in [0.1, 0.15) is 25.7 Å². The molecule has 0 atom stereocenters. The molecule has 0 fully saturated rings. The van der Waals surface area contributed by atoms with Gasteiger partial charge in [-0.05, 0) is 30.7 Å². The number of unbranched alkanes of at least 4 members (excludes halogenated alkanes) is 1. The summed E-state index contributed by atoms with van der Waals surface area (Å²) in [7, 11) is 3.83. The molecule has 0 spiro atoms. The Morgan fingerprint density at radius 2 is 2.08 bits per heavy atom. The van der Waals surface area contributed by atoms with Gasteiger partial charge in [-0.2, -0.15) is 4.98 Å². The van der Waals surface area contributed by atoms with Gasteiger partial charge in [-0.3, -0.25) is 4.99 Å². The molecule has 1 aromatic carbocycles. The Kier molecular flexibility index (Phi) is 7.06. The predicted octanol–water partition coefficient (Wildman–Crippen LogP) is 3.24. The largest absolute Gasteiger partial charge is 0.356 e. The van der Waals surface area contributed by atoms with Gasteiger partial charge in [0.05, 0.1) is 0 Å². The fourth-order valence-electron chi connectivity index (χ4n) is 2.24. The van der Waals surface area contributed by atoms with Crippen molar-refractivity contribution in [3.63, 3.8) is 0 Å². The highest BCUT2D eigenvalue weighted by Crippen LogP contribution is 2.18. The number of hydrogen-bond donors (Lipinski definition) is 1. The zero-order chi connectivity index (χ0) is 17.4. The second-order valence-corrected chi connectivity index (χ2v) is 5.95. The first kappa shape index (κ1) is 18.3. The Balaban J connectivity index is 1.85. The lowest BCUT2D eigenvalue weighted by atomic mass is 10.2. The third-order valence-electron chi connectivity index (χ3n) is 3.61. The molecule has 0 radical (unpaired) electrons. The third-order valence-corrected chi connectivity index (χ3v) is 3.86. The van der Waals surface area contributed by atoms with Gasteiger partial charge in [0.25, 0.3) is 0 Å². The maximum atomic E-state index is 5.89. The van der Waals surface area contributed by atoms with E-state index in [9.17, 15) is 0 Å². The number of nitrogens with one attached hydrogen (secondary N) is 1. The van der Waals surface area contributed by atoms with Crippen LogP contribution in [0.2, 0.25) is 5.02 Å². The van der Waals surface area contributed by atoms with E-state index in [0.717, 1.165) is 30.9 Å². The summed E-state index contributed by atoms with van der Waals surface area (Å²) >= 11 is 5.89. The summed E-state index contributed by atoms with van der Waals surface area (Å²) in [5, 5.41) is 8.01. The fraction of sp³-hybridized carbons (Fsp3) is 0.471. The molecule has 0 aliphatic rings. The molecule has 0 saturated heterocycles. The molecular formula is C17H24ClN5O. The van der Waals surface area contributed by atoms with Crippen LogP contribution in [0.15, 0.2) is 33.8 Å². The Morgan fingerprint density at radius 1 is 1.33 bits per heavy atom. The van der Waals surface area contributed by atoms with Gasteiger partial charge >= 0.3 is 0 Å². The van der Waals surface area contributed by atoms with Crippen molar-refractivity contribution in [1.82, 2.24) is 20.4 Å². The van der Waals surface area contributed by atoms with E-state index in [1.54, 1.807) is 7.05 Å². The number of hydrogen-bond acceptors (Lipinski definition) is 4. The molecule has 0 saturated carbocycles. The van der Waals surface area contributed by atoms with Crippen LogP contribution in [-0.4, -0.2) is 48.2 Å². The maximum Gasteiger partial charge on any atom is 0.228 e. The average Bonchev–Trinajstić information content (AvgIpc) is 3.06. The summed E-state index contributed by atoms with van der Waals surface area (Å²) in [4.78, 5) is 10.8. The number of aromatic nitrogens is 2. The number of aliphatic imine (C=N–C) groups is 1. The zero-order valence-electron chi connectivity index (χ0n) is 14.4. The van der Waals surface area contributed by atoms with Gasteiger partial charge < -0.3 is 14.7 Å². The zero-order valence-corrected chi connectivity index (χ0v) is 15.2. The summed E-state index contributed by atoms with van der Waals surface area (Å²) in [5.74, 6) is 2.05. The third kappa shape index (κ3) is 5.23. The molecule has 24 heavy (non-hydrogen) atoms. The lowest BCUT2D eigenvalue weighted by molar-refractivity contribution is 0.377. The van der Waals surface area contributed by atoms with E-state index >= 15 is 0 Å². The van der Waals surface area contributed by atoms with Gasteiger partial charge in [0.15, 0.2) is 5.96 Å². The minimum Gasteiger partial charge on any atom is -0.356 e. The van der Waals surface area contributed by atoms with Gasteiger partial charge in [0.2, 0.25) is 11.7 Å². The van der Waals surface area contributed by atoms with Crippen molar-refractivity contribution >= 4 is 17.6 Å². The molecule has 130 valence electrons. The Bertz CT molecular complexity index is 653. The minimum atomic E-state index is 0.575. The quantitative estimate of drug-likeness (QED) is 0.614. The van der Waals surface area contributed by atoms with E-state index in [4.69, 9.17) is 16.1 Å². The van der Waals surface area contributed by atoms with E-state index < -0.39 is 0 Å². The van der Waals surface area contributed by atoms with Gasteiger partial charge in [0.1, 0.15) is 0 Å². The van der Waals surface area contributed by atoms with Crippen LogP contribution in [0.3, 0.4) is 0 Å². The number of rotatable bonds is 7. The summed E-state index contributed by atoms with van der Waals surface area (Å²) in [6, 6.07) is 7.37. The Hall–Kier alpha value is -2.08. The fourth-order valence-corrected chi connectivity index (χ4v) is 2.37. The molecule has 6 nitrogen and oxygen atoms in total. The summed E-state index contributed by atoms with van der Waals surface area (Å²) in [6.45, 7) is 3.85. The van der Waals surface area contributed by atoms with Gasteiger partial charge in [0, 0.05) is 44.2 Å². The van der Waals surface area contributed by atoms with Crippen LogP contribution >= 0.6 is 11.6 Å². The van der Waals surface area contributed by atoms with Gasteiger partial charge in [-0.25, -0.2) is 0 Å². The first-order valence-electron chi connectivity index (χ1n) is 8.14. The number of guanidine groups is 1. The van der Waals surface area contributed by atoms with Crippen molar-refractivity contribution in [3.8, 4) is 11.4 Å². The van der Waals surface area contributed by atoms with E-state index in [-0.39, 0.29) is 0 Å². The highest BCUT2D eigenvalue weighted by molar-refractivity contribution is 6.30. The molecule has 1 aromatic heterocycles. The lowest BCUT2D eigenvalue weighted by Crippen LogP contribution is -2.40. The molecule has 0 unspecified atom stereocenters. The van der Waals surface area contributed by atoms with Crippen molar-refractivity contribution in [3.05, 3.63) is 35.2 Å². The second kappa shape index (κ2) is 9.27. The van der Waals surface area contributed by atoms with Crippen molar-refractivity contribution in [2.45, 2.75) is 26.2 Å².